The molecule has 2 unspecified atom stereocenters. The second kappa shape index (κ2) is 14.0. The molecular weight excluding hydrogens is 482 g/mol. The van der Waals surface area contributed by atoms with Gasteiger partial charge in [0, 0.05) is 12.2 Å². The molecule has 0 aliphatic carbocycles. The third-order valence-electron chi connectivity index (χ3n) is 6.14. The second-order valence-electron chi connectivity index (χ2n) is 10.7. The molecule has 0 spiro atoms. The van der Waals surface area contributed by atoms with E-state index in [1.165, 1.54) is 4.90 Å². The Balaban J connectivity index is 2.50. The monoisotopic (exact) mass is 525 g/mol. The Labute approximate surface area is 226 Å². The van der Waals surface area contributed by atoms with E-state index >= 15 is 0 Å². The highest BCUT2D eigenvalue weighted by molar-refractivity contribution is 5.99. The van der Waals surface area contributed by atoms with Gasteiger partial charge in [0.2, 0.25) is 5.91 Å². The van der Waals surface area contributed by atoms with E-state index in [1.54, 1.807) is 20.8 Å². The van der Waals surface area contributed by atoms with Gasteiger partial charge >= 0.3 is 6.09 Å². The number of nitrogens with one attached hydrogen (secondary N) is 2. The van der Waals surface area contributed by atoms with Gasteiger partial charge in [-0.3, -0.25) is 9.59 Å². The number of ether oxygens (including phenoxy) is 1. The maximum atomic E-state index is 13.9. The Morgan fingerprint density at radius 3 is 2.11 bits per heavy atom. The van der Waals surface area contributed by atoms with Gasteiger partial charge in [-0.25, -0.2) is 4.79 Å². The van der Waals surface area contributed by atoms with Gasteiger partial charge in [0.15, 0.2) is 0 Å². The van der Waals surface area contributed by atoms with Gasteiger partial charge in [-0.1, -0.05) is 67.8 Å². The van der Waals surface area contributed by atoms with E-state index in [4.69, 9.17) is 4.74 Å². The van der Waals surface area contributed by atoms with Crippen LogP contribution >= 0.6 is 0 Å². The van der Waals surface area contributed by atoms with Gasteiger partial charge in [0.1, 0.15) is 17.7 Å². The lowest BCUT2D eigenvalue weighted by atomic mass is 10.00. The molecule has 0 heterocycles. The molecule has 2 aromatic rings. The molecule has 208 valence electrons. The summed E-state index contributed by atoms with van der Waals surface area (Å²) in [5.74, 6) is -0.929. The van der Waals surface area contributed by atoms with Gasteiger partial charge in [0.05, 0.1) is 6.61 Å². The molecule has 2 atom stereocenters. The molecule has 2 rings (SSSR count). The molecule has 8 heteroatoms. The number of anilines is 1. The van der Waals surface area contributed by atoms with Crippen molar-refractivity contribution in [1.29, 1.82) is 0 Å². The minimum absolute atomic E-state index is 0.276. The Kier molecular flexibility index (Phi) is 11.3. The Morgan fingerprint density at radius 2 is 1.58 bits per heavy atom. The van der Waals surface area contributed by atoms with Gasteiger partial charge in [-0.05, 0) is 64.7 Å². The Bertz CT molecular complexity index is 1070. The fourth-order valence-corrected chi connectivity index (χ4v) is 4.16. The van der Waals surface area contributed by atoms with Crippen molar-refractivity contribution in [3.05, 3.63) is 64.7 Å². The number of hydrogen-bond acceptors (Lipinski definition) is 5. The van der Waals surface area contributed by atoms with Crippen LogP contribution < -0.4 is 10.6 Å². The van der Waals surface area contributed by atoms with Crippen molar-refractivity contribution in [2.45, 2.75) is 85.4 Å². The largest absolute Gasteiger partial charge is 0.444 e. The van der Waals surface area contributed by atoms with E-state index in [-0.39, 0.29) is 12.5 Å². The summed E-state index contributed by atoms with van der Waals surface area (Å²) >= 11 is 0. The number of aliphatic hydroxyl groups is 1. The van der Waals surface area contributed by atoms with E-state index < -0.39 is 36.3 Å². The number of aliphatic hydroxyl groups excluding tert-OH is 1. The van der Waals surface area contributed by atoms with Crippen LogP contribution in [0.5, 0.6) is 0 Å². The summed E-state index contributed by atoms with van der Waals surface area (Å²) in [6.07, 6.45) is 1.62. The average Bonchev–Trinajstić information content (AvgIpc) is 2.84. The van der Waals surface area contributed by atoms with E-state index in [9.17, 15) is 19.5 Å². The number of carbonyl (C=O) groups excluding carboxylic acids is 3. The van der Waals surface area contributed by atoms with Crippen LogP contribution in [0.3, 0.4) is 0 Å². The number of rotatable bonds is 11. The first-order chi connectivity index (χ1) is 17.9. The van der Waals surface area contributed by atoms with Crippen LogP contribution in [0.25, 0.3) is 0 Å². The first-order valence-electron chi connectivity index (χ1n) is 13.2. The van der Waals surface area contributed by atoms with Gasteiger partial charge in [-0.2, -0.15) is 0 Å². The summed E-state index contributed by atoms with van der Waals surface area (Å²) in [7, 11) is 0. The molecule has 38 heavy (non-hydrogen) atoms. The van der Waals surface area contributed by atoms with Crippen molar-refractivity contribution in [2.75, 3.05) is 18.5 Å². The molecule has 0 saturated heterocycles. The molecule has 0 radical (unpaired) electrons. The fraction of sp³-hybridized carbons (Fsp3) is 0.500. The maximum absolute atomic E-state index is 13.9. The number of unbranched alkanes of at least 4 members (excludes halogenated alkanes) is 2. The molecule has 0 aromatic heterocycles. The maximum Gasteiger partial charge on any atom is 0.408 e. The molecule has 0 aliphatic heterocycles. The smallest absolute Gasteiger partial charge is 0.408 e. The number of alkyl carbamates (subject to hydrolysis) is 1. The molecule has 0 fully saturated rings. The van der Waals surface area contributed by atoms with Gasteiger partial charge < -0.3 is 25.4 Å². The molecular formula is C30H43N3O5. The predicted molar refractivity (Wildman–Crippen MR) is 150 cm³/mol. The zero-order chi connectivity index (χ0) is 28.5. The first-order valence-corrected chi connectivity index (χ1v) is 13.2. The average molecular weight is 526 g/mol. The van der Waals surface area contributed by atoms with E-state index in [0.29, 0.717) is 17.7 Å². The van der Waals surface area contributed by atoms with Crippen LogP contribution in [-0.4, -0.2) is 52.7 Å². The molecule has 0 bridgehead atoms. The summed E-state index contributed by atoms with van der Waals surface area (Å²) in [5.41, 5.74) is 3.39. The third kappa shape index (κ3) is 8.87. The highest BCUT2D eigenvalue weighted by Gasteiger charge is 2.36. The van der Waals surface area contributed by atoms with Gasteiger partial charge in [0.25, 0.3) is 5.91 Å². The molecule has 2 aromatic carbocycles. The quantitative estimate of drug-likeness (QED) is 0.350. The normalized spacial score (nSPS) is 12.8. The topological polar surface area (TPSA) is 108 Å². The Hall–Kier alpha value is -3.39. The van der Waals surface area contributed by atoms with E-state index in [1.807, 2.05) is 63.2 Å². The number of aryl methyl sites for hydroxylation is 3. The van der Waals surface area contributed by atoms with Crippen LogP contribution in [-0.2, 0) is 14.3 Å². The zero-order valence-corrected chi connectivity index (χ0v) is 23.8. The molecule has 3 N–H and O–H groups in total. The highest BCUT2D eigenvalue weighted by Crippen LogP contribution is 2.27. The van der Waals surface area contributed by atoms with Crippen molar-refractivity contribution in [1.82, 2.24) is 10.2 Å². The number of hydrogen-bond donors (Lipinski definition) is 3. The number of para-hydroxylation sites is 1. The fourth-order valence-electron chi connectivity index (χ4n) is 4.16. The van der Waals surface area contributed by atoms with Crippen LogP contribution in [0.15, 0.2) is 42.5 Å². The summed E-state index contributed by atoms with van der Waals surface area (Å²) < 4.78 is 5.30. The van der Waals surface area contributed by atoms with Gasteiger partial charge in [-0.15, -0.1) is 0 Å². The minimum atomic E-state index is -1.27. The molecule has 8 nitrogen and oxygen atoms in total. The summed E-state index contributed by atoms with van der Waals surface area (Å²) in [6.45, 7) is 12.6. The SMILES string of the molecule is CCCCCN(C(=O)C(CO)NC(=O)OC(C)(C)C)C(C(=O)Nc1c(C)cccc1C)c1ccc(C)cc1. The lowest BCUT2D eigenvalue weighted by Crippen LogP contribution is -2.54. The molecule has 0 saturated carbocycles. The van der Waals surface area contributed by atoms with E-state index in [0.717, 1.165) is 29.5 Å². The van der Waals surface area contributed by atoms with Crippen LogP contribution in [0.1, 0.15) is 75.3 Å². The van der Waals surface area contributed by atoms with Crippen molar-refractivity contribution >= 4 is 23.6 Å². The highest BCUT2D eigenvalue weighted by atomic mass is 16.6. The van der Waals surface area contributed by atoms with Crippen molar-refractivity contribution in [2.24, 2.45) is 0 Å². The van der Waals surface area contributed by atoms with Crippen LogP contribution in [0.4, 0.5) is 10.5 Å². The zero-order valence-electron chi connectivity index (χ0n) is 23.8. The molecule has 0 aliphatic rings. The van der Waals surface area contributed by atoms with E-state index in [2.05, 4.69) is 17.6 Å². The number of carbonyl (C=O) groups is 3. The standard InChI is InChI=1S/C30H43N3O5/c1-8-9-10-18-33(28(36)24(19-34)31-29(37)38-30(5,6)7)26(23-16-14-20(2)15-17-23)27(35)32-25-21(3)12-11-13-22(25)4/h11-17,24,26,34H,8-10,18-19H2,1-7H3,(H,31,37)(H,32,35). The number of nitrogens with zero attached hydrogens (tertiary/aromatic N) is 1. The second-order valence-corrected chi connectivity index (χ2v) is 10.7. The first kappa shape index (κ1) is 30.8. The lowest BCUT2D eigenvalue weighted by Gasteiger charge is -2.34. The van der Waals surface area contributed by atoms with Crippen LogP contribution in [0, 0.1) is 20.8 Å². The minimum Gasteiger partial charge on any atom is -0.444 e. The third-order valence-corrected chi connectivity index (χ3v) is 6.14. The van der Waals surface area contributed by atoms with Crippen molar-refractivity contribution < 1.29 is 24.2 Å². The summed E-state index contributed by atoms with van der Waals surface area (Å²) in [4.78, 5) is 41.7. The van der Waals surface area contributed by atoms with Crippen molar-refractivity contribution in [3.8, 4) is 0 Å². The summed E-state index contributed by atoms with van der Waals surface area (Å²) in [5, 5.41) is 15.6. The van der Waals surface area contributed by atoms with Crippen LogP contribution in [0.2, 0.25) is 0 Å². The molecule has 3 amide bonds. The summed E-state index contributed by atoms with van der Waals surface area (Å²) in [6, 6.07) is 11.0. The Morgan fingerprint density at radius 1 is 0.974 bits per heavy atom. The predicted octanol–water partition coefficient (Wildman–Crippen LogP) is 5.20. The number of amides is 3. The lowest BCUT2D eigenvalue weighted by molar-refractivity contribution is -0.141. The van der Waals surface area contributed by atoms with Crippen molar-refractivity contribution in [3.63, 3.8) is 0 Å². The number of benzene rings is 2.